The second kappa shape index (κ2) is 9.68. The maximum Gasteiger partial charge on any atom is 0.319 e. The van der Waals surface area contributed by atoms with E-state index in [4.69, 9.17) is 0 Å². The summed E-state index contributed by atoms with van der Waals surface area (Å²) in [6.45, 7) is 0.876. The molecule has 2 atom stereocenters. The molecule has 0 fully saturated rings. The number of urea groups is 1. The fourth-order valence-electron chi connectivity index (χ4n) is 2.85. The molecule has 0 radical (unpaired) electrons. The van der Waals surface area contributed by atoms with E-state index in [1.54, 1.807) is 0 Å². The lowest BCUT2D eigenvalue weighted by atomic mass is 9.95. The van der Waals surface area contributed by atoms with Gasteiger partial charge in [-0.2, -0.15) is 0 Å². The van der Waals surface area contributed by atoms with E-state index in [0.29, 0.717) is 12.2 Å². The number of carbonyl (C=O) groups excluding carboxylic acids is 1. The average molecular weight is 406 g/mol. The normalized spacial score (nSPS) is 13.8. The van der Waals surface area contributed by atoms with Crippen LogP contribution in [0, 0.1) is 5.92 Å². The zero-order valence-electron chi connectivity index (χ0n) is 16.3. The van der Waals surface area contributed by atoms with Gasteiger partial charge in [0.15, 0.2) is 9.84 Å². The summed E-state index contributed by atoms with van der Waals surface area (Å²) in [5.74, 6) is -0.198. The van der Waals surface area contributed by atoms with Crippen molar-refractivity contribution >= 4 is 21.6 Å². The van der Waals surface area contributed by atoms with E-state index in [0.717, 1.165) is 11.8 Å². The molecule has 152 valence electrons. The fraction of sp³-hybridized carbons (Fsp3) is 0.350. The molecular weight excluding hydrogens is 378 g/mol. The van der Waals surface area contributed by atoms with Crippen molar-refractivity contribution in [2.24, 2.45) is 5.92 Å². The quantitative estimate of drug-likeness (QED) is 0.625. The lowest BCUT2D eigenvalue weighted by molar-refractivity contribution is 0.0911. The van der Waals surface area contributed by atoms with E-state index < -0.39 is 22.0 Å². The van der Waals surface area contributed by atoms with Crippen molar-refractivity contribution in [2.45, 2.75) is 11.0 Å². The van der Waals surface area contributed by atoms with Crippen LogP contribution >= 0.6 is 0 Å². The molecule has 0 spiro atoms. The van der Waals surface area contributed by atoms with E-state index in [1.165, 1.54) is 24.3 Å². The number of aliphatic hydroxyl groups is 1. The molecule has 8 heteroatoms. The van der Waals surface area contributed by atoms with E-state index in [9.17, 15) is 18.3 Å². The Hall–Kier alpha value is -2.42. The molecule has 0 saturated heterocycles. The van der Waals surface area contributed by atoms with Crippen LogP contribution in [0.25, 0.3) is 0 Å². The molecular formula is C20H27N3O4S. The van der Waals surface area contributed by atoms with E-state index >= 15 is 0 Å². The summed E-state index contributed by atoms with van der Waals surface area (Å²) in [7, 11) is 0.544. The SMILES string of the molecule is CN(C)C[C@@H](CNC(=O)Nc1ccc(S(C)(=O)=O)cc1)[C@@H](O)c1ccccc1. The highest BCUT2D eigenvalue weighted by Gasteiger charge is 2.22. The molecule has 28 heavy (non-hydrogen) atoms. The first-order valence-corrected chi connectivity index (χ1v) is 10.8. The number of hydrogen-bond donors (Lipinski definition) is 3. The molecule has 2 aromatic carbocycles. The van der Waals surface area contributed by atoms with Gasteiger partial charge in [-0.3, -0.25) is 0 Å². The summed E-state index contributed by atoms with van der Waals surface area (Å²) in [4.78, 5) is 14.4. The van der Waals surface area contributed by atoms with E-state index in [2.05, 4.69) is 10.6 Å². The summed E-state index contributed by atoms with van der Waals surface area (Å²) in [6.07, 6.45) is 0.420. The summed E-state index contributed by atoms with van der Waals surface area (Å²) in [5.41, 5.74) is 1.28. The minimum absolute atomic E-state index is 0.190. The third kappa shape index (κ3) is 6.63. The minimum atomic E-state index is -3.28. The maximum absolute atomic E-state index is 12.2. The fourth-order valence-corrected chi connectivity index (χ4v) is 3.48. The number of sulfone groups is 1. The highest BCUT2D eigenvalue weighted by molar-refractivity contribution is 7.90. The summed E-state index contributed by atoms with van der Waals surface area (Å²) >= 11 is 0. The highest BCUT2D eigenvalue weighted by Crippen LogP contribution is 2.22. The number of anilines is 1. The molecule has 7 nitrogen and oxygen atoms in total. The predicted molar refractivity (Wildman–Crippen MR) is 110 cm³/mol. The topological polar surface area (TPSA) is 98.7 Å². The molecule has 0 aliphatic heterocycles. The molecule has 0 bridgehead atoms. The van der Waals surface area contributed by atoms with Crippen LogP contribution in [0.4, 0.5) is 10.5 Å². The Bertz CT molecular complexity index is 868. The molecule has 0 saturated carbocycles. The molecule has 0 unspecified atom stereocenters. The molecule has 0 heterocycles. The van der Waals surface area contributed by atoms with Crippen molar-refractivity contribution in [3.63, 3.8) is 0 Å². The van der Waals surface area contributed by atoms with Crippen LogP contribution < -0.4 is 10.6 Å². The van der Waals surface area contributed by atoms with Gasteiger partial charge in [0.2, 0.25) is 0 Å². The van der Waals surface area contributed by atoms with Crippen LogP contribution in [0.1, 0.15) is 11.7 Å². The Morgan fingerprint density at radius 3 is 2.21 bits per heavy atom. The van der Waals surface area contributed by atoms with Crippen molar-refractivity contribution in [3.05, 3.63) is 60.2 Å². The zero-order chi connectivity index (χ0) is 20.7. The molecule has 2 aromatic rings. The molecule has 3 N–H and O–H groups in total. The van der Waals surface area contributed by atoms with Gasteiger partial charge in [0.05, 0.1) is 11.0 Å². The van der Waals surface area contributed by atoms with Gasteiger partial charge in [0, 0.05) is 31.0 Å². The first kappa shape index (κ1) is 21.9. The van der Waals surface area contributed by atoms with Gasteiger partial charge in [0.25, 0.3) is 0 Å². The van der Waals surface area contributed by atoms with Gasteiger partial charge in [-0.1, -0.05) is 30.3 Å². The smallest absolute Gasteiger partial charge is 0.319 e. The van der Waals surface area contributed by atoms with Crippen molar-refractivity contribution in [1.29, 1.82) is 0 Å². The Morgan fingerprint density at radius 1 is 1.07 bits per heavy atom. The second-order valence-corrected chi connectivity index (χ2v) is 9.03. The van der Waals surface area contributed by atoms with Gasteiger partial charge in [0.1, 0.15) is 0 Å². The number of amides is 2. The Balaban J connectivity index is 1.97. The van der Waals surface area contributed by atoms with Crippen LogP contribution in [0.5, 0.6) is 0 Å². The van der Waals surface area contributed by atoms with Crippen LogP contribution in [0.3, 0.4) is 0 Å². The highest BCUT2D eigenvalue weighted by atomic mass is 32.2. The van der Waals surface area contributed by atoms with Crippen LogP contribution in [0.15, 0.2) is 59.5 Å². The van der Waals surface area contributed by atoms with E-state index in [1.807, 2.05) is 49.3 Å². The van der Waals surface area contributed by atoms with Crippen LogP contribution in [-0.4, -0.2) is 57.9 Å². The van der Waals surface area contributed by atoms with Gasteiger partial charge in [-0.25, -0.2) is 13.2 Å². The lowest BCUT2D eigenvalue weighted by Gasteiger charge is -2.26. The number of hydrogen-bond acceptors (Lipinski definition) is 5. The zero-order valence-corrected chi connectivity index (χ0v) is 17.1. The first-order chi connectivity index (χ1) is 13.2. The second-order valence-electron chi connectivity index (χ2n) is 7.01. The number of aliphatic hydroxyl groups excluding tert-OH is 1. The van der Waals surface area contributed by atoms with Gasteiger partial charge >= 0.3 is 6.03 Å². The molecule has 0 aliphatic rings. The van der Waals surface area contributed by atoms with Crippen molar-refractivity contribution in [2.75, 3.05) is 38.8 Å². The number of rotatable bonds is 8. The minimum Gasteiger partial charge on any atom is -0.388 e. The number of nitrogens with zero attached hydrogens (tertiary/aromatic N) is 1. The first-order valence-electron chi connectivity index (χ1n) is 8.89. The van der Waals surface area contributed by atoms with Gasteiger partial charge < -0.3 is 20.6 Å². The summed E-state index contributed by atoms with van der Waals surface area (Å²) in [6, 6.07) is 14.9. The Morgan fingerprint density at radius 2 is 1.68 bits per heavy atom. The standard InChI is InChI=1S/C20H27N3O4S/c1-23(2)14-16(19(24)15-7-5-4-6-8-15)13-21-20(25)22-17-9-11-18(12-10-17)28(3,26)27/h4-12,16,19,24H,13-14H2,1-3H3,(H2,21,22,25)/t16-,19+/m1/s1. The maximum atomic E-state index is 12.2. The van der Waals surface area contributed by atoms with Crippen molar-refractivity contribution in [1.82, 2.24) is 10.2 Å². The summed E-state index contributed by atoms with van der Waals surface area (Å²) < 4.78 is 23.0. The Kier molecular flexibility index (Phi) is 7.56. The van der Waals surface area contributed by atoms with Gasteiger partial charge in [-0.15, -0.1) is 0 Å². The number of nitrogens with one attached hydrogen (secondary N) is 2. The largest absolute Gasteiger partial charge is 0.388 e. The van der Waals surface area contributed by atoms with Crippen molar-refractivity contribution in [3.8, 4) is 0 Å². The molecule has 0 aliphatic carbocycles. The average Bonchev–Trinajstić information content (AvgIpc) is 2.64. The van der Waals surface area contributed by atoms with Crippen LogP contribution in [-0.2, 0) is 9.84 Å². The summed E-state index contributed by atoms with van der Waals surface area (Å²) in [5, 5.41) is 16.1. The Labute approximate surface area is 166 Å². The third-order valence-corrected chi connectivity index (χ3v) is 5.38. The third-order valence-electron chi connectivity index (χ3n) is 4.25. The van der Waals surface area contributed by atoms with Crippen LogP contribution in [0.2, 0.25) is 0 Å². The molecule has 0 aromatic heterocycles. The number of benzene rings is 2. The van der Waals surface area contributed by atoms with Crippen molar-refractivity contribution < 1.29 is 18.3 Å². The molecule has 2 rings (SSSR count). The van der Waals surface area contributed by atoms with E-state index in [-0.39, 0.29) is 17.4 Å². The predicted octanol–water partition coefficient (Wildman–Crippen LogP) is 2.12. The monoisotopic (exact) mass is 405 g/mol. The lowest BCUT2D eigenvalue weighted by Crippen LogP contribution is -2.39. The molecule has 2 amide bonds. The van der Waals surface area contributed by atoms with Gasteiger partial charge in [-0.05, 0) is 43.9 Å². The number of carbonyl (C=O) groups is 1.